The minimum atomic E-state index is -0.0393. The monoisotopic (exact) mass is 409 g/mol. The van der Waals surface area contributed by atoms with Crippen LogP contribution in [0.15, 0.2) is 42.7 Å². The summed E-state index contributed by atoms with van der Waals surface area (Å²) in [4.78, 5) is 33.9. The Morgan fingerprint density at radius 1 is 0.933 bits per heavy atom. The van der Waals surface area contributed by atoms with Crippen LogP contribution in [0.2, 0.25) is 0 Å². The molecular weight excluding hydrogens is 382 g/mol. The van der Waals surface area contributed by atoms with Gasteiger partial charge in [-0.15, -0.1) is 0 Å². The summed E-state index contributed by atoms with van der Waals surface area (Å²) in [5.74, 6) is 1.15. The number of piperidine rings is 1. The summed E-state index contributed by atoms with van der Waals surface area (Å²) in [6, 6.07) is 8.84. The Kier molecular flexibility index (Phi) is 5.61. The van der Waals surface area contributed by atoms with Crippen LogP contribution in [0.3, 0.4) is 0 Å². The highest BCUT2D eigenvalue weighted by Gasteiger charge is 2.44. The quantitative estimate of drug-likeness (QED) is 0.777. The van der Waals surface area contributed by atoms with Crippen molar-refractivity contribution in [3.05, 3.63) is 53.9 Å². The zero-order valence-corrected chi connectivity index (χ0v) is 17.5. The number of hydrogen-bond acceptors (Lipinski definition) is 5. The molecule has 7 heteroatoms. The highest BCUT2D eigenvalue weighted by molar-refractivity contribution is 5.95. The Bertz CT molecular complexity index is 933. The molecule has 2 aliphatic heterocycles. The third-order valence-electron chi connectivity index (χ3n) is 6.21. The van der Waals surface area contributed by atoms with Crippen molar-refractivity contribution in [1.29, 1.82) is 0 Å². The molecule has 2 aliphatic rings. The highest BCUT2D eigenvalue weighted by Crippen LogP contribution is 2.40. The van der Waals surface area contributed by atoms with Gasteiger partial charge in [-0.3, -0.25) is 14.6 Å². The van der Waals surface area contributed by atoms with Gasteiger partial charge in [0.25, 0.3) is 11.8 Å². The van der Waals surface area contributed by atoms with Crippen LogP contribution in [0.4, 0.5) is 0 Å². The van der Waals surface area contributed by atoms with Crippen molar-refractivity contribution < 1.29 is 19.1 Å². The van der Waals surface area contributed by atoms with E-state index < -0.39 is 0 Å². The van der Waals surface area contributed by atoms with Crippen LogP contribution >= 0.6 is 0 Å². The van der Waals surface area contributed by atoms with Crippen LogP contribution < -0.4 is 9.47 Å². The largest absolute Gasteiger partial charge is 0.493 e. The van der Waals surface area contributed by atoms with E-state index in [2.05, 4.69) is 4.98 Å². The molecule has 1 aromatic carbocycles. The summed E-state index contributed by atoms with van der Waals surface area (Å²) in [5.41, 5.74) is 1.16. The molecule has 2 amide bonds. The lowest BCUT2D eigenvalue weighted by Gasteiger charge is -2.40. The molecule has 2 aromatic rings. The number of methoxy groups -OCH3 is 2. The number of pyridine rings is 1. The fourth-order valence-corrected chi connectivity index (χ4v) is 4.65. The summed E-state index contributed by atoms with van der Waals surface area (Å²) in [5, 5.41) is 0. The van der Waals surface area contributed by atoms with E-state index in [1.807, 2.05) is 9.80 Å². The van der Waals surface area contributed by atoms with Crippen LogP contribution in [0.1, 0.15) is 40.0 Å². The zero-order valence-electron chi connectivity index (χ0n) is 17.5. The molecule has 1 atom stereocenters. The fraction of sp³-hybridized carbons (Fsp3) is 0.435. The standard InChI is InChI=1S/C23H27N3O4/c1-29-19-7-6-17(13-20(19)30-2)21(27)26-12-9-23(16-26)8-4-11-25(15-23)22(28)18-5-3-10-24-14-18/h3,5-7,10,13-14H,4,8-9,11-12,15-16H2,1-2H3. The van der Waals surface area contributed by atoms with Crippen molar-refractivity contribution in [3.8, 4) is 11.5 Å². The maximum atomic E-state index is 13.1. The van der Waals surface area contributed by atoms with Crippen molar-refractivity contribution in [2.75, 3.05) is 40.4 Å². The molecule has 0 saturated carbocycles. The van der Waals surface area contributed by atoms with Crippen LogP contribution in [0, 0.1) is 5.41 Å². The zero-order chi connectivity index (χ0) is 21.1. The van der Waals surface area contributed by atoms with E-state index in [-0.39, 0.29) is 17.2 Å². The van der Waals surface area contributed by atoms with Crippen LogP contribution in [-0.2, 0) is 0 Å². The first kappa shape index (κ1) is 20.2. The average molecular weight is 409 g/mol. The number of aromatic nitrogens is 1. The van der Waals surface area contributed by atoms with Gasteiger partial charge in [-0.25, -0.2) is 0 Å². The van der Waals surface area contributed by atoms with E-state index in [0.717, 1.165) is 25.8 Å². The second-order valence-corrected chi connectivity index (χ2v) is 8.12. The Morgan fingerprint density at radius 2 is 1.67 bits per heavy atom. The molecule has 0 bridgehead atoms. The van der Waals surface area contributed by atoms with Crippen LogP contribution in [-0.4, -0.2) is 67.0 Å². The highest BCUT2D eigenvalue weighted by atomic mass is 16.5. The van der Waals surface area contributed by atoms with Crippen molar-refractivity contribution in [2.45, 2.75) is 19.3 Å². The maximum absolute atomic E-state index is 13.1. The number of amides is 2. The van der Waals surface area contributed by atoms with Gasteiger partial charge in [0.05, 0.1) is 19.8 Å². The van der Waals surface area contributed by atoms with E-state index >= 15 is 0 Å². The number of benzene rings is 1. The normalized spacial score (nSPS) is 21.0. The van der Waals surface area contributed by atoms with E-state index in [1.54, 1.807) is 56.9 Å². The molecule has 2 saturated heterocycles. The molecule has 0 radical (unpaired) electrons. The molecule has 158 valence electrons. The smallest absolute Gasteiger partial charge is 0.255 e. The Balaban J connectivity index is 1.46. The third-order valence-corrected chi connectivity index (χ3v) is 6.21. The Labute approximate surface area is 176 Å². The number of ether oxygens (including phenoxy) is 2. The van der Waals surface area contributed by atoms with Crippen molar-refractivity contribution in [1.82, 2.24) is 14.8 Å². The second-order valence-electron chi connectivity index (χ2n) is 8.12. The topological polar surface area (TPSA) is 72.0 Å². The molecular formula is C23H27N3O4. The first-order valence-corrected chi connectivity index (χ1v) is 10.3. The summed E-state index contributed by atoms with van der Waals surface area (Å²) in [7, 11) is 3.14. The number of rotatable bonds is 4. The van der Waals surface area contributed by atoms with Crippen molar-refractivity contribution in [3.63, 3.8) is 0 Å². The number of carbonyl (C=O) groups is 2. The second kappa shape index (κ2) is 8.34. The number of hydrogen-bond donors (Lipinski definition) is 0. The van der Waals surface area contributed by atoms with E-state index in [9.17, 15) is 9.59 Å². The first-order chi connectivity index (χ1) is 14.5. The molecule has 7 nitrogen and oxygen atoms in total. The minimum absolute atomic E-state index is 0.0106. The lowest BCUT2D eigenvalue weighted by Crippen LogP contribution is -2.47. The van der Waals surface area contributed by atoms with E-state index in [0.29, 0.717) is 42.3 Å². The molecule has 2 fully saturated rings. The average Bonchev–Trinajstić information content (AvgIpc) is 3.21. The lowest BCUT2D eigenvalue weighted by molar-refractivity contribution is 0.0515. The third kappa shape index (κ3) is 3.84. The minimum Gasteiger partial charge on any atom is -0.493 e. The summed E-state index contributed by atoms with van der Waals surface area (Å²) in [6.07, 6.45) is 6.17. The van der Waals surface area contributed by atoms with E-state index in [4.69, 9.17) is 9.47 Å². The maximum Gasteiger partial charge on any atom is 0.255 e. The van der Waals surface area contributed by atoms with Gasteiger partial charge in [0.1, 0.15) is 0 Å². The number of likely N-dealkylation sites (tertiary alicyclic amines) is 2. The van der Waals surface area contributed by atoms with Gasteiger partial charge < -0.3 is 19.3 Å². The Morgan fingerprint density at radius 3 is 2.37 bits per heavy atom. The molecule has 1 unspecified atom stereocenters. The molecule has 3 heterocycles. The molecule has 0 N–H and O–H groups in total. The molecule has 30 heavy (non-hydrogen) atoms. The first-order valence-electron chi connectivity index (χ1n) is 10.3. The predicted molar refractivity (Wildman–Crippen MR) is 112 cm³/mol. The summed E-state index contributed by atoms with van der Waals surface area (Å²) in [6.45, 7) is 2.79. The SMILES string of the molecule is COc1ccc(C(=O)N2CCC3(CCCN(C(=O)c4cccnc4)C3)C2)cc1OC. The van der Waals surface area contributed by atoms with Gasteiger partial charge in [0, 0.05) is 49.6 Å². The predicted octanol–water partition coefficient (Wildman–Crippen LogP) is 2.87. The molecule has 1 aromatic heterocycles. The summed E-state index contributed by atoms with van der Waals surface area (Å²) >= 11 is 0. The van der Waals surface area contributed by atoms with Crippen LogP contribution in [0.5, 0.6) is 11.5 Å². The van der Waals surface area contributed by atoms with Gasteiger partial charge in [0.2, 0.25) is 0 Å². The lowest BCUT2D eigenvalue weighted by atomic mass is 9.79. The van der Waals surface area contributed by atoms with Gasteiger partial charge in [-0.1, -0.05) is 0 Å². The fourth-order valence-electron chi connectivity index (χ4n) is 4.65. The van der Waals surface area contributed by atoms with Gasteiger partial charge in [-0.05, 0) is 49.6 Å². The number of carbonyl (C=O) groups excluding carboxylic acids is 2. The van der Waals surface area contributed by atoms with Crippen molar-refractivity contribution in [2.24, 2.45) is 5.41 Å². The molecule has 4 rings (SSSR count). The van der Waals surface area contributed by atoms with E-state index in [1.165, 1.54) is 0 Å². The molecule has 0 aliphatic carbocycles. The molecule has 1 spiro atoms. The van der Waals surface area contributed by atoms with Gasteiger partial charge in [0.15, 0.2) is 11.5 Å². The number of nitrogens with zero attached hydrogens (tertiary/aromatic N) is 3. The van der Waals surface area contributed by atoms with Gasteiger partial charge >= 0.3 is 0 Å². The van der Waals surface area contributed by atoms with Gasteiger partial charge in [-0.2, -0.15) is 0 Å². The Hall–Kier alpha value is -3.09. The van der Waals surface area contributed by atoms with Crippen molar-refractivity contribution >= 4 is 11.8 Å². The van der Waals surface area contributed by atoms with Crippen LogP contribution in [0.25, 0.3) is 0 Å². The summed E-state index contributed by atoms with van der Waals surface area (Å²) < 4.78 is 10.6.